The minimum absolute atomic E-state index is 0.290. The average molecular weight is 311 g/mol. The largest absolute Gasteiger partial charge is 0.387 e. The molecule has 1 atom stereocenters. The molecule has 0 amide bonds. The van der Waals surface area contributed by atoms with Crippen molar-refractivity contribution in [2.45, 2.75) is 56.2 Å². The topological polar surface area (TPSA) is 57.6 Å². The maximum Gasteiger partial charge on any atom is 0.175 e. The Morgan fingerprint density at radius 1 is 1.24 bits per heavy atom. The summed E-state index contributed by atoms with van der Waals surface area (Å²) < 4.78 is 22.9. The lowest BCUT2D eigenvalue weighted by molar-refractivity contribution is 0.0366. The summed E-state index contributed by atoms with van der Waals surface area (Å²) in [5, 5.41) is 10.4. The number of sulfone groups is 1. The summed E-state index contributed by atoms with van der Waals surface area (Å²) in [6.07, 6.45) is 4.29. The van der Waals surface area contributed by atoms with Crippen LogP contribution >= 0.6 is 0 Å². The highest BCUT2D eigenvalue weighted by Crippen LogP contribution is 2.28. The van der Waals surface area contributed by atoms with Crippen LogP contribution in [-0.2, 0) is 9.84 Å². The Morgan fingerprint density at radius 2 is 1.81 bits per heavy atom. The summed E-state index contributed by atoms with van der Waals surface area (Å²) in [4.78, 5) is 2.64. The summed E-state index contributed by atoms with van der Waals surface area (Å²) >= 11 is 0. The molecule has 4 nitrogen and oxygen atoms in total. The van der Waals surface area contributed by atoms with Gasteiger partial charge < -0.3 is 5.11 Å². The predicted octanol–water partition coefficient (Wildman–Crippen LogP) is 2.39. The van der Waals surface area contributed by atoms with Crippen LogP contribution in [0.25, 0.3) is 0 Å². The molecule has 5 heteroatoms. The number of nitrogens with zero attached hydrogens (tertiary/aromatic N) is 1. The first-order valence-electron chi connectivity index (χ1n) is 7.53. The zero-order valence-electron chi connectivity index (χ0n) is 13.0. The first kappa shape index (κ1) is 16.5. The Morgan fingerprint density at radius 3 is 2.19 bits per heavy atom. The second-order valence-electron chi connectivity index (χ2n) is 6.23. The van der Waals surface area contributed by atoms with Gasteiger partial charge in [-0.2, -0.15) is 0 Å². The molecule has 1 unspecified atom stereocenters. The van der Waals surface area contributed by atoms with Gasteiger partial charge >= 0.3 is 0 Å². The van der Waals surface area contributed by atoms with E-state index in [1.807, 2.05) is 0 Å². The van der Waals surface area contributed by atoms with E-state index in [2.05, 4.69) is 18.7 Å². The van der Waals surface area contributed by atoms with Crippen LogP contribution in [0.5, 0.6) is 0 Å². The van der Waals surface area contributed by atoms with E-state index in [1.165, 1.54) is 25.5 Å². The Balaban J connectivity index is 2.06. The molecule has 118 valence electrons. The molecule has 21 heavy (non-hydrogen) atoms. The number of hydrogen-bond donors (Lipinski definition) is 1. The van der Waals surface area contributed by atoms with E-state index in [-0.39, 0.29) is 4.90 Å². The average Bonchev–Trinajstić information content (AvgIpc) is 2.34. The van der Waals surface area contributed by atoms with Gasteiger partial charge in [-0.25, -0.2) is 8.42 Å². The predicted molar refractivity (Wildman–Crippen MR) is 84.0 cm³/mol. The normalized spacial score (nSPS) is 18.0. The molecule has 1 saturated carbocycles. The number of rotatable bonds is 6. The summed E-state index contributed by atoms with van der Waals surface area (Å²) in [6, 6.07) is 7.53. The van der Waals surface area contributed by atoms with Crippen molar-refractivity contribution in [1.82, 2.24) is 4.90 Å². The Kier molecular flexibility index (Phi) is 5.07. The molecule has 0 aliphatic heterocycles. The van der Waals surface area contributed by atoms with Crippen LogP contribution in [0.2, 0.25) is 0 Å². The van der Waals surface area contributed by atoms with Crippen molar-refractivity contribution >= 4 is 9.84 Å². The second-order valence-corrected chi connectivity index (χ2v) is 8.25. The van der Waals surface area contributed by atoms with Crippen molar-refractivity contribution in [2.24, 2.45) is 0 Å². The van der Waals surface area contributed by atoms with Crippen molar-refractivity contribution in [3.05, 3.63) is 29.8 Å². The monoisotopic (exact) mass is 311 g/mol. The van der Waals surface area contributed by atoms with Crippen molar-refractivity contribution in [2.75, 3.05) is 12.8 Å². The van der Waals surface area contributed by atoms with Crippen molar-refractivity contribution in [1.29, 1.82) is 0 Å². The first-order valence-corrected chi connectivity index (χ1v) is 9.42. The lowest BCUT2D eigenvalue weighted by atomic mass is 9.90. The fourth-order valence-electron chi connectivity index (χ4n) is 2.74. The molecule has 1 N–H and O–H groups in total. The zero-order chi connectivity index (χ0) is 15.6. The van der Waals surface area contributed by atoms with E-state index in [9.17, 15) is 13.5 Å². The Labute approximate surface area is 127 Å². The van der Waals surface area contributed by atoms with Gasteiger partial charge in [-0.1, -0.05) is 18.6 Å². The molecular formula is C16H25NO3S. The molecule has 0 bridgehead atoms. The van der Waals surface area contributed by atoms with Crippen molar-refractivity contribution in [3.63, 3.8) is 0 Å². The van der Waals surface area contributed by atoms with Crippen LogP contribution in [0.4, 0.5) is 0 Å². The molecule has 0 radical (unpaired) electrons. The van der Waals surface area contributed by atoms with Gasteiger partial charge in [-0.3, -0.25) is 4.90 Å². The summed E-state index contributed by atoms with van der Waals surface area (Å²) in [5.41, 5.74) is 0.771. The van der Waals surface area contributed by atoms with Crippen LogP contribution in [0.3, 0.4) is 0 Å². The molecule has 0 saturated heterocycles. The third-order valence-corrected chi connectivity index (χ3v) is 5.41. The van der Waals surface area contributed by atoms with Crippen LogP contribution in [0.1, 0.15) is 44.8 Å². The SMILES string of the molecule is CC(C)N(CC(O)c1ccc(S(C)(=O)=O)cc1)C1CCC1. The molecule has 0 aromatic heterocycles. The van der Waals surface area contributed by atoms with Gasteiger partial charge in [-0.05, 0) is 44.4 Å². The number of benzene rings is 1. The van der Waals surface area contributed by atoms with Gasteiger partial charge in [0.1, 0.15) is 0 Å². The Hall–Kier alpha value is -0.910. The van der Waals surface area contributed by atoms with Gasteiger partial charge in [0.25, 0.3) is 0 Å². The standard InChI is InChI=1S/C16H25NO3S/c1-12(2)17(14-5-4-6-14)11-16(18)13-7-9-15(10-8-13)21(3,19)20/h7-10,12,14,16,18H,4-6,11H2,1-3H3. The van der Waals surface area contributed by atoms with Crippen molar-refractivity contribution < 1.29 is 13.5 Å². The lowest BCUT2D eigenvalue weighted by Gasteiger charge is -2.41. The highest BCUT2D eigenvalue weighted by atomic mass is 32.2. The lowest BCUT2D eigenvalue weighted by Crippen LogP contribution is -2.46. The smallest absolute Gasteiger partial charge is 0.175 e. The molecule has 1 aromatic carbocycles. The molecule has 0 heterocycles. The van der Waals surface area contributed by atoms with Crippen LogP contribution < -0.4 is 0 Å². The van der Waals surface area contributed by atoms with Crippen LogP contribution in [-0.4, -0.2) is 43.3 Å². The third kappa shape index (κ3) is 4.05. The summed E-state index contributed by atoms with van der Waals surface area (Å²) in [5.74, 6) is 0. The molecule has 2 rings (SSSR count). The van der Waals surface area contributed by atoms with E-state index in [0.29, 0.717) is 18.6 Å². The summed E-state index contributed by atoms with van der Waals surface area (Å²) in [7, 11) is -3.18. The van der Waals surface area contributed by atoms with Crippen LogP contribution in [0, 0.1) is 0 Å². The van der Waals surface area contributed by atoms with E-state index in [1.54, 1.807) is 24.3 Å². The van der Waals surface area contributed by atoms with Gasteiger partial charge in [0, 0.05) is 24.9 Å². The number of hydrogen-bond acceptors (Lipinski definition) is 4. The minimum atomic E-state index is -3.18. The third-order valence-electron chi connectivity index (χ3n) is 4.28. The fraction of sp³-hybridized carbons (Fsp3) is 0.625. The maximum atomic E-state index is 11.4. The van der Waals surface area contributed by atoms with Gasteiger partial charge in [-0.15, -0.1) is 0 Å². The van der Waals surface area contributed by atoms with Crippen LogP contribution in [0.15, 0.2) is 29.2 Å². The number of aliphatic hydroxyl groups excluding tert-OH is 1. The minimum Gasteiger partial charge on any atom is -0.387 e. The molecule has 1 aliphatic rings. The van der Waals surface area contributed by atoms with Gasteiger partial charge in [0.2, 0.25) is 0 Å². The molecule has 1 aromatic rings. The Bertz CT molecular complexity index is 562. The highest BCUT2D eigenvalue weighted by molar-refractivity contribution is 7.90. The second kappa shape index (κ2) is 6.46. The van der Waals surface area contributed by atoms with E-state index in [0.717, 1.165) is 5.56 Å². The molecule has 1 aliphatic carbocycles. The number of aliphatic hydroxyl groups is 1. The quantitative estimate of drug-likeness (QED) is 0.876. The fourth-order valence-corrected chi connectivity index (χ4v) is 3.37. The van der Waals surface area contributed by atoms with Gasteiger partial charge in [0.05, 0.1) is 11.0 Å². The molecule has 1 fully saturated rings. The van der Waals surface area contributed by atoms with E-state index >= 15 is 0 Å². The van der Waals surface area contributed by atoms with Crippen molar-refractivity contribution in [3.8, 4) is 0 Å². The molecular weight excluding hydrogens is 286 g/mol. The highest BCUT2D eigenvalue weighted by Gasteiger charge is 2.28. The van der Waals surface area contributed by atoms with Gasteiger partial charge in [0.15, 0.2) is 9.84 Å². The first-order chi connectivity index (χ1) is 9.79. The van der Waals surface area contributed by atoms with E-state index in [4.69, 9.17) is 0 Å². The summed E-state index contributed by atoms with van der Waals surface area (Å²) in [6.45, 7) is 4.90. The zero-order valence-corrected chi connectivity index (χ0v) is 13.8. The van der Waals surface area contributed by atoms with E-state index < -0.39 is 15.9 Å². The molecule has 0 spiro atoms. The maximum absolute atomic E-state index is 11.4.